The maximum Gasteiger partial charge on any atom is 0.306 e. The van der Waals surface area contributed by atoms with Gasteiger partial charge in [0, 0.05) is 19.2 Å². The first-order chi connectivity index (χ1) is 6.59. The molecule has 1 N–H and O–H groups in total. The lowest BCUT2D eigenvalue weighted by atomic mass is 9.87. The summed E-state index contributed by atoms with van der Waals surface area (Å²) in [6.07, 6.45) is 2.23. The monoisotopic (exact) mass is 194 g/mol. The summed E-state index contributed by atoms with van der Waals surface area (Å²) >= 11 is 0. The van der Waals surface area contributed by atoms with Gasteiger partial charge in [0.25, 0.3) is 0 Å². The molecule has 1 aliphatic rings. The molecular weight excluding hydrogens is 180 g/mol. The van der Waals surface area contributed by atoms with Crippen LogP contribution in [-0.2, 0) is 24.7 Å². The van der Waals surface area contributed by atoms with E-state index in [9.17, 15) is 4.79 Å². The van der Waals surface area contributed by atoms with Crippen LogP contribution in [0, 0.1) is 12.8 Å². The summed E-state index contributed by atoms with van der Waals surface area (Å²) in [5.41, 5.74) is 3.40. The maximum absolute atomic E-state index is 10.9. The van der Waals surface area contributed by atoms with Crippen LogP contribution >= 0.6 is 0 Å². The van der Waals surface area contributed by atoms with Gasteiger partial charge in [-0.25, -0.2) is 0 Å². The van der Waals surface area contributed by atoms with Crippen LogP contribution in [0.1, 0.15) is 23.4 Å². The average Bonchev–Trinajstić information content (AvgIpc) is 2.42. The van der Waals surface area contributed by atoms with Crippen molar-refractivity contribution in [1.29, 1.82) is 0 Å². The highest BCUT2D eigenvalue weighted by Gasteiger charge is 2.27. The molecule has 1 aromatic heterocycles. The van der Waals surface area contributed by atoms with Gasteiger partial charge in [0.05, 0.1) is 11.6 Å². The van der Waals surface area contributed by atoms with Crippen molar-refractivity contribution in [3.63, 3.8) is 0 Å². The number of hydrogen-bond donors (Lipinski definition) is 1. The Morgan fingerprint density at radius 1 is 1.64 bits per heavy atom. The lowest BCUT2D eigenvalue weighted by Gasteiger charge is -2.19. The van der Waals surface area contributed by atoms with Gasteiger partial charge in [0.1, 0.15) is 0 Å². The number of rotatable bonds is 1. The molecule has 14 heavy (non-hydrogen) atoms. The molecule has 0 spiro atoms. The Labute approximate surface area is 82.5 Å². The summed E-state index contributed by atoms with van der Waals surface area (Å²) in [6.45, 7) is 1.99. The normalized spacial score (nSPS) is 20.6. The maximum atomic E-state index is 10.9. The van der Waals surface area contributed by atoms with Crippen LogP contribution < -0.4 is 0 Å². The predicted molar refractivity (Wildman–Crippen MR) is 51.1 cm³/mol. The fraction of sp³-hybridized carbons (Fsp3) is 0.600. The van der Waals surface area contributed by atoms with Crippen LogP contribution in [-0.4, -0.2) is 20.9 Å². The third kappa shape index (κ3) is 1.31. The molecule has 0 fully saturated rings. The number of aromatic nitrogens is 2. The summed E-state index contributed by atoms with van der Waals surface area (Å²) in [5.74, 6) is -0.910. The first kappa shape index (κ1) is 9.24. The molecule has 0 saturated heterocycles. The molecule has 1 aromatic rings. The number of carbonyl (C=O) groups is 1. The van der Waals surface area contributed by atoms with Gasteiger partial charge >= 0.3 is 5.97 Å². The van der Waals surface area contributed by atoms with Crippen LogP contribution in [0.5, 0.6) is 0 Å². The second-order valence-corrected chi connectivity index (χ2v) is 3.91. The van der Waals surface area contributed by atoms with Gasteiger partial charge in [-0.3, -0.25) is 9.48 Å². The lowest BCUT2D eigenvalue weighted by molar-refractivity contribution is -0.142. The van der Waals surface area contributed by atoms with Crippen molar-refractivity contribution in [3.05, 3.63) is 17.0 Å². The Kier molecular flexibility index (Phi) is 2.06. The molecule has 0 saturated carbocycles. The van der Waals surface area contributed by atoms with Crippen molar-refractivity contribution in [1.82, 2.24) is 9.78 Å². The number of carboxylic acid groups (broad SMARTS) is 1. The van der Waals surface area contributed by atoms with Gasteiger partial charge in [-0.1, -0.05) is 0 Å². The van der Waals surface area contributed by atoms with Gasteiger partial charge < -0.3 is 5.11 Å². The van der Waals surface area contributed by atoms with Crippen molar-refractivity contribution in [2.45, 2.75) is 26.2 Å². The van der Waals surface area contributed by atoms with Crippen LogP contribution in [0.25, 0.3) is 0 Å². The molecule has 0 bridgehead atoms. The smallest absolute Gasteiger partial charge is 0.306 e. The van der Waals surface area contributed by atoms with Crippen LogP contribution in [0.2, 0.25) is 0 Å². The molecule has 0 aromatic carbocycles. The largest absolute Gasteiger partial charge is 0.481 e. The summed E-state index contributed by atoms with van der Waals surface area (Å²) in [4.78, 5) is 10.9. The van der Waals surface area contributed by atoms with Gasteiger partial charge in [-0.05, 0) is 25.3 Å². The van der Waals surface area contributed by atoms with E-state index in [0.29, 0.717) is 6.42 Å². The molecule has 0 amide bonds. The number of aryl methyl sites for hydroxylation is 2. The Balaban J connectivity index is 2.34. The Bertz CT molecular complexity index is 382. The second kappa shape index (κ2) is 3.12. The zero-order valence-corrected chi connectivity index (χ0v) is 8.45. The molecule has 1 atom stereocenters. The first-order valence-corrected chi connectivity index (χ1v) is 4.83. The summed E-state index contributed by atoms with van der Waals surface area (Å²) < 4.78 is 1.82. The molecular formula is C10H14N2O2. The van der Waals surface area contributed by atoms with Crippen molar-refractivity contribution >= 4 is 5.97 Å². The predicted octanol–water partition coefficient (Wildman–Crippen LogP) is 0.918. The van der Waals surface area contributed by atoms with E-state index in [2.05, 4.69) is 5.10 Å². The minimum Gasteiger partial charge on any atom is -0.481 e. The van der Waals surface area contributed by atoms with E-state index in [4.69, 9.17) is 5.11 Å². The number of fused-ring (bicyclic) bond motifs is 1. The zero-order valence-electron chi connectivity index (χ0n) is 8.45. The third-order valence-electron chi connectivity index (χ3n) is 3.01. The van der Waals surface area contributed by atoms with Gasteiger partial charge in [0.2, 0.25) is 0 Å². The van der Waals surface area contributed by atoms with Crippen LogP contribution in [0.3, 0.4) is 0 Å². The van der Waals surface area contributed by atoms with Crippen LogP contribution in [0.4, 0.5) is 0 Å². The SMILES string of the molecule is Cc1nn(C)c2c1CCC(C(=O)O)C2. The van der Waals surface area contributed by atoms with Crippen molar-refractivity contribution in [2.24, 2.45) is 13.0 Å². The second-order valence-electron chi connectivity index (χ2n) is 3.91. The van der Waals surface area contributed by atoms with E-state index in [1.54, 1.807) is 0 Å². The molecule has 0 aliphatic heterocycles. The summed E-state index contributed by atoms with van der Waals surface area (Å²) in [5, 5.41) is 13.2. The number of carboxylic acids is 1. The summed E-state index contributed by atoms with van der Waals surface area (Å²) in [7, 11) is 1.88. The molecule has 2 rings (SSSR count). The number of aliphatic carboxylic acids is 1. The minimum absolute atomic E-state index is 0.225. The molecule has 4 nitrogen and oxygen atoms in total. The molecule has 1 aliphatic carbocycles. The molecule has 0 radical (unpaired) electrons. The molecule has 1 heterocycles. The third-order valence-corrected chi connectivity index (χ3v) is 3.01. The number of hydrogen-bond acceptors (Lipinski definition) is 2. The highest BCUT2D eigenvalue weighted by atomic mass is 16.4. The molecule has 4 heteroatoms. The first-order valence-electron chi connectivity index (χ1n) is 4.83. The molecule has 1 unspecified atom stereocenters. The minimum atomic E-state index is -0.686. The lowest BCUT2D eigenvalue weighted by Crippen LogP contribution is -2.23. The Morgan fingerprint density at radius 2 is 2.36 bits per heavy atom. The van der Waals surface area contributed by atoms with E-state index >= 15 is 0 Å². The van der Waals surface area contributed by atoms with Crippen LogP contribution in [0.15, 0.2) is 0 Å². The topological polar surface area (TPSA) is 55.1 Å². The van der Waals surface area contributed by atoms with Crippen molar-refractivity contribution in [2.75, 3.05) is 0 Å². The van der Waals surface area contributed by atoms with E-state index in [1.807, 2.05) is 18.7 Å². The van der Waals surface area contributed by atoms with Gasteiger partial charge in [-0.2, -0.15) is 5.10 Å². The zero-order chi connectivity index (χ0) is 10.3. The van der Waals surface area contributed by atoms with E-state index in [1.165, 1.54) is 5.56 Å². The quantitative estimate of drug-likeness (QED) is 0.723. The highest BCUT2D eigenvalue weighted by Crippen LogP contribution is 2.27. The standard InChI is InChI=1S/C10H14N2O2/c1-6-8-4-3-7(10(13)14)5-9(8)12(2)11-6/h7H,3-5H2,1-2H3,(H,13,14). The fourth-order valence-electron chi connectivity index (χ4n) is 2.20. The highest BCUT2D eigenvalue weighted by molar-refractivity contribution is 5.70. The average molecular weight is 194 g/mol. The van der Waals surface area contributed by atoms with Gasteiger partial charge in [-0.15, -0.1) is 0 Å². The summed E-state index contributed by atoms with van der Waals surface area (Å²) in [6, 6.07) is 0. The van der Waals surface area contributed by atoms with Crippen molar-refractivity contribution in [3.8, 4) is 0 Å². The van der Waals surface area contributed by atoms with Gasteiger partial charge in [0.15, 0.2) is 0 Å². The fourth-order valence-corrected chi connectivity index (χ4v) is 2.20. The van der Waals surface area contributed by atoms with E-state index < -0.39 is 5.97 Å². The Morgan fingerprint density at radius 3 is 3.00 bits per heavy atom. The number of nitrogens with zero attached hydrogens (tertiary/aromatic N) is 2. The van der Waals surface area contributed by atoms with E-state index in [0.717, 1.165) is 24.2 Å². The Hall–Kier alpha value is -1.32. The van der Waals surface area contributed by atoms with E-state index in [-0.39, 0.29) is 5.92 Å². The van der Waals surface area contributed by atoms with Crippen molar-refractivity contribution < 1.29 is 9.90 Å². The molecule has 76 valence electrons.